The highest BCUT2D eigenvalue weighted by molar-refractivity contribution is 6.31. The molecule has 1 aromatic heterocycles. The standard InChI is InChI=1S/C19H26ClN5O/c20-17-6-5-16(21)13-15(17)14-25(19(26)18-7-8-22-23-18)12-11-24-9-3-1-2-4-10-24/h5-8,13H,1-4,9-12,14,21H2,(H,22,23). The number of nitrogens with zero attached hydrogens (tertiary/aromatic N) is 3. The smallest absolute Gasteiger partial charge is 0.272 e. The Morgan fingerprint density at radius 1 is 1.23 bits per heavy atom. The minimum absolute atomic E-state index is 0.0733. The zero-order chi connectivity index (χ0) is 18.4. The van der Waals surface area contributed by atoms with Gasteiger partial charge in [0.15, 0.2) is 0 Å². The van der Waals surface area contributed by atoms with Crippen LogP contribution in [0.2, 0.25) is 5.02 Å². The normalized spacial score (nSPS) is 15.6. The summed E-state index contributed by atoms with van der Waals surface area (Å²) in [6.07, 6.45) is 6.65. The van der Waals surface area contributed by atoms with Crippen LogP contribution in [-0.4, -0.2) is 52.1 Å². The van der Waals surface area contributed by atoms with Crippen molar-refractivity contribution in [3.8, 4) is 0 Å². The topological polar surface area (TPSA) is 78.2 Å². The predicted molar refractivity (Wildman–Crippen MR) is 104 cm³/mol. The summed E-state index contributed by atoms with van der Waals surface area (Å²) in [5, 5.41) is 7.28. The Kier molecular flexibility index (Phi) is 6.52. The fourth-order valence-electron chi connectivity index (χ4n) is 3.34. The lowest BCUT2D eigenvalue weighted by Crippen LogP contribution is -2.39. The Bertz CT molecular complexity index is 711. The second-order valence-electron chi connectivity index (χ2n) is 6.80. The van der Waals surface area contributed by atoms with Gasteiger partial charge in [0, 0.05) is 36.5 Å². The number of nitrogens with two attached hydrogens (primary N) is 1. The number of nitrogen functional groups attached to an aromatic ring is 1. The zero-order valence-corrected chi connectivity index (χ0v) is 15.7. The number of anilines is 1. The summed E-state index contributed by atoms with van der Waals surface area (Å²) in [7, 11) is 0. The third kappa shape index (κ3) is 4.99. The Morgan fingerprint density at radius 3 is 2.69 bits per heavy atom. The lowest BCUT2D eigenvalue weighted by Gasteiger charge is -2.27. The number of benzene rings is 1. The number of amides is 1. The van der Waals surface area contributed by atoms with Crippen LogP contribution < -0.4 is 5.73 Å². The van der Waals surface area contributed by atoms with Crippen LogP contribution in [0.5, 0.6) is 0 Å². The number of aromatic nitrogens is 2. The van der Waals surface area contributed by atoms with Crippen LogP contribution in [0.15, 0.2) is 30.5 Å². The van der Waals surface area contributed by atoms with E-state index in [1.54, 1.807) is 24.4 Å². The lowest BCUT2D eigenvalue weighted by atomic mass is 10.1. The Morgan fingerprint density at radius 2 is 2.00 bits per heavy atom. The number of hydrogen-bond acceptors (Lipinski definition) is 4. The van der Waals surface area contributed by atoms with Gasteiger partial charge in [-0.05, 0) is 55.8 Å². The van der Waals surface area contributed by atoms with E-state index in [0.29, 0.717) is 29.5 Å². The van der Waals surface area contributed by atoms with E-state index in [4.69, 9.17) is 17.3 Å². The maximum Gasteiger partial charge on any atom is 0.272 e. The van der Waals surface area contributed by atoms with Gasteiger partial charge in [-0.1, -0.05) is 24.4 Å². The van der Waals surface area contributed by atoms with E-state index in [1.165, 1.54) is 25.7 Å². The molecule has 0 aliphatic carbocycles. The van der Waals surface area contributed by atoms with Crippen molar-refractivity contribution in [3.63, 3.8) is 0 Å². The van der Waals surface area contributed by atoms with E-state index in [1.807, 2.05) is 11.0 Å². The quantitative estimate of drug-likeness (QED) is 0.760. The average molecular weight is 376 g/mol. The van der Waals surface area contributed by atoms with Crippen LogP contribution in [0, 0.1) is 0 Å². The monoisotopic (exact) mass is 375 g/mol. The summed E-state index contributed by atoms with van der Waals surface area (Å²) in [6.45, 7) is 4.13. The molecule has 1 aliphatic rings. The molecule has 0 radical (unpaired) electrons. The lowest BCUT2D eigenvalue weighted by molar-refractivity contribution is 0.0716. The van der Waals surface area contributed by atoms with Gasteiger partial charge in [-0.2, -0.15) is 5.10 Å². The predicted octanol–water partition coefficient (Wildman–Crippen LogP) is 3.16. The van der Waals surface area contributed by atoms with Gasteiger partial charge in [-0.25, -0.2) is 0 Å². The summed E-state index contributed by atoms with van der Waals surface area (Å²) in [5.41, 5.74) is 7.88. The Labute approximate surface area is 159 Å². The van der Waals surface area contributed by atoms with Crippen molar-refractivity contribution in [1.82, 2.24) is 20.0 Å². The third-order valence-corrected chi connectivity index (χ3v) is 5.20. The number of aromatic amines is 1. The molecule has 1 amide bonds. The molecule has 0 unspecified atom stereocenters. The van der Waals surface area contributed by atoms with Gasteiger partial charge in [0.25, 0.3) is 5.91 Å². The molecule has 7 heteroatoms. The third-order valence-electron chi connectivity index (χ3n) is 4.83. The second kappa shape index (κ2) is 9.05. The maximum absolute atomic E-state index is 12.9. The molecule has 3 N–H and O–H groups in total. The number of rotatable bonds is 6. The number of likely N-dealkylation sites (tertiary alicyclic amines) is 1. The molecule has 0 saturated carbocycles. The molecule has 1 aliphatic heterocycles. The summed E-state index contributed by atoms with van der Waals surface area (Å²) < 4.78 is 0. The largest absolute Gasteiger partial charge is 0.399 e. The Hall–Kier alpha value is -2.05. The van der Waals surface area contributed by atoms with E-state index in [-0.39, 0.29) is 5.91 Å². The highest BCUT2D eigenvalue weighted by Crippen LogP contribution is 2.21. The average Bonchev–Trinajstić information content (AvgIpc) is 3.05. The van der Waals surface area contributed by atoms with Gasteiger partial charge in [0.05, 0.1) is 0 Å². The van der Waals surface area contributed by atoms with Crippen molar-refractivity contribution >= 4 is 23.2 Å². The van der Waals surface area contributed by atoms with Gasteiger partial charge < -0.3 is 15.5 Å². The van der Waals surface area contributed by atoms with Crippen LogP contribution in [0.4, 0.5) is 5.69 Å². The van der Waals surface area contributed by atoms with Gasteiger partial charge in [0.2, 0.25) is 0 Å². The minimum atomic E-state index is -0.0733. The van der Waals surface area contributed by atoms with Crippen LogP contribution in [0.3, 0.4) is 0 Å². The summed E-state index contributed by atoms with van der Waals surface area (Å²) in [6, 6.07) is 7.08. The summed E-state index contributed by atoms with van der Waals surface area (Å²) in [4.78, 5) is 17.2. The summed E-state index contributed by atoms with van der Waals surface area (Å²) >= 11 is 6.32. The van der Waals surface area contributed by atoms with E-state index in [0.717, 1.165) is 25.2 Å². The highest BCUT2D eigenvalue weighted by atomic mass is 35.5. The molecule has 0 atom stereocenters. The molecule has 26 heavy (non-hydrogen) atoms. The fourth-order valence-corrected chi connectivity index (χ4v) is 3.52. The highest BCUT2D eigenvalue weighted by Gasteiger charge is 2.20. The molecule has 1 fully saturated rings. The number of halogens is 1. The second-order valence-corrected chi connectivity index (χ2v) is 7.21. The van der Waals surface area contributed by atoms with Crippen molar-refractivity contribution in [3.05, 3.63) is 46.7 Å². The van der Waals surface area contributed by atoms with E-state index in [9.17, 15) is 4.79 Å². The van der Waals surface area contributed by atoms with Crippen molar-refractivity contribution in [2.24, 2.45) is 0 Å². The van der Waals surface area contributed by atoms with Crippen molar-refractivity contribution < 1.29 is 4.79 Å². The van der Waals surface area contributed by atoms with E-state index < -0.39 is 0 Å². The van der Waals surface area contributed by atoms with Gasteiger partial charge in [-0.15, -0.1) is 0 Å². The molecule has 1 saturated heterocycles. The van der Waals surface area contributed by atoms with Crippen molar-refractivity contribution in [2.45, 2.75) is 32.2 Å². The van der Waals surface area contributed by atoms with Gasteiger partial charge >= 0.3 is 0 Å². The number of carbonyl (C=O) groups is 1. The van der Waals surface area contributed by atoms with E-state index >= 15 is 0 Å². The Balaban J connectivity index is 1.72. The molecule has 3 rings (SSSR count). The summed E-state index contributed by atoms with van der Waals surface area (Å²) in [5.74, 6) is -0.0733. The van der Waals surface area contributed by atoms with Crippen LogP contribution >= 0.6 is 11.6 Å². The molecule has 0 spiro atoms. The van der Waals surface area contributed by atoms with E-state index in [2.05, 4.69) is 15.1 Å². The molecule has 2 heterocycles. The van der Waals surface area contributed by atoms with Crippen molar-refractivity contribution in [2.75, 3.05) is 31.9 Å². The molecule has 0 bridgehead atoms. The molecule has 6 nitrogen and oxygen atoms in total. The van der Waals surface area contributed by atoms with Crippen LogP contribution in [-0.2, 0) is 6.54 Å². The molecule has 2 aromatic rings. The SMILES string of the molecule is Nc1ccc(Cl)c(CN(CCN2CCCCCC2)C(=O)c2ccn[nH]2)c1. The maximum atomic E-state index is 12.9. The van der Waals surface area contributed by atoms with Gasteiger partial charge in [-0.3, -0.25) is 9.89 Å². The zero-order valence-electron chi connectivity index (χ0n) is 15.0. The van der Waals surface area contributed by atoms with Crippen LogP contribution in [0.25, 0.3) is 0 Å². The minimum Gasteiger partial charge on any atom is -0.399 e. The number of H-pyrrole nitrogens is 1. The fraction of sp³-hybridized carbons (Fsp3) is 0.474. The first kappa shape index (κ1) is 18.7. The van der Waals surface area contributed by atoms with Crippen molar-refractivity contribution in [1.29, 1.82) is 0 Å². The molecule has 140 valence electrons. The first-order valence-electron chi connectivity index (χ1n) is 9.18. The number of hydrogen-bond donors (Lipinski definition) is 2. The van der Waals surface area contributed by atoms with Crippen LogP contribution in [0.1, 0.15) is 41.7 Å². The molecule has 1 aromatic carbocycles. The first-order chi connectivity index (χ1) is 12.6. The van der Waals surface area contributed by atoms with Gasteiger partial charge in [0.1, 0.15) is 5.69 Å². The molecular formula is C19H26ClN5O. The molecular weight excluding hydrogens is 350 g/mol. The first-order valence-corrected chi connectivity index (χ1v) is 9.56. The number of nitrogens with one attached hydrogen (secondary N) is 1. The number of carbonyl (C=O) groups excluding carboxylic acids is 1.